The molecular formula is C13H22O5. The Morgan fingerprint density at radius 1 is 1.06 bits per heavy atom. The largest absolute Gasteiger partial charge is 0.468 e. The highest BCUT2D eigenvalue weighted by molar-refractivity contribution is 6.00. The molecule has 1 aliphatic rings. The second-order valence-electron chi connectivity index (χ2n) is 4.95. The van der Waals surface area contributed by atoms with Gasteiger partial charge in [-0.25, -0.2) is 0 Å². The molecule has 0 atom stereocenters. The fourth-order valence-corrected chi connectivity index (χ4v) is 2.49. The molecular weight excluding hydrogens is 236 g/mol. The van der Waals surface area contributed by atoms with Crippen molar-refractivity contribution in [3.63, 3.8) is 0 Å². The van der Waals surface area contributed by atoms with Gasteiger partial charge in [0.2, 0.25) is 0 Å². The van der Waals surface area contributed by atoms with Crippen molar-refractivity contribution < 1.29 is 23.8 Å². The minimum Gasteiger partial charge on any atom is -0.468 e. The molecule has 0 radical (unpaired) electrons. The molecule has 0 spiro atoms. The average molecular weight is 258 g/mol. The molecule has 0 aromatic carbocycles. The fourth-order valence-electron chi connectivity index (χ4n) is 2.49. The molecule has 0 unspecified atom stereocenters. The van der Waals surface area contributed by atoms with Crippen molar-refractivity contribution in [2.45, 2.75) is 51.7 Å². The van der Waals surface area contributed by atoms with E-state index >= 15 is 0 Å². The molecule has 18 heavy (non-hydrogen) atoms. The zero-order valence-corrected chi connectivity index (χ0v) is 11.5. The van der Waals surface area contributed by atoms with Gasteiger partial charge >= 0.3 is 11.9 Å². The van der Waals surface area contributed by atoms with Crippen LogP contribution in [0, 0.1) is 5.41 Å². The van der Waals surface area contributed by atoms with Gasteiger partial charge in [0.15, 0.2) is 5.41 Å². The Labute approximate surface area is 108 Å². The van der Waals surface area contributed by atoms with Crippen molar-refractivity contribution in [3.05, 3.63) is 0 Å². The van der Waals surface area contributed by atoms with Crippen molar-refractivity contribution in [1.29, 1.82) is 0 Å². The molecule has 0 aromatic rings. The SMILES string of the molecule is COC(=O)C1(C(=O)OC)CCC(OC(C)C)CC1. The Hall–Kier alpha value is -1.10. The predicted molar refractivity (Wildman–Crippen MR) is 64.9 cm³/mol. The summed E-state index contributed by atoms with van der Waals surface area (Å²) in [5.74, 6) is -1.00. The number of ether oxygens (including phenoxy) is 3. The lowest BCUT2D eigenvalue weighted by Gasteiger charge is -2.35. The smallest absolute Gasteiger partial charge is 0.323 e. The highest BCUT2D eigenvalue weighted by Crippen LogP contribution is 2.39. The van der Waals surface area contributed by atoms with E-state index in [1.165, 1.54) is 14.2 Å². The number of methoxy groups -OCH3 is 2. The molecule has 1 saturated carbocycles. The first-order valence-electron chi connectivity index (χ1n) is 6.28. The molecule has 5 nitrogen and oxygen atoms in total. The maximum absolute atomic E-state index is 11.9. The molecule has 0 bridgehead atoms. The van der Waals surface area contributed by atoms with E-state index in [1.54, 1.807) is 0 Å². The molecule has 0 saturated heterocycles. The standard InChI is InChI=1S/C13H22O5/c1-9(2)18-10-5-7-13(8-6-10,11(14)16-3)12(15)17-4/h9-10H,5-8H2,1-4H3. The minimum atomic E-state index is -1.14. The van der Waals surface area contributed by atoms with Crippen molar-refractivity contribution in [2.24, 2.45) is 5.41 Å². The summed E-state index contributed by atoms with van der Waals surface area (Å²) in [5, 5.41) is 0. The topological polar surface area (TPSA) is 61.8 Å². The minimum absolute atomic E-state index is 0.104. The van der Waals surface area contributed by atoms with E-state index in [4.69, 9.17) is 14.2 Å². The summed E-state index contributed by atoms with van der Waals surface area (Å²) in [6.07, 6.45) is 2.43. The van der Waals surface area contributed by atoms with Gasteiger partial charge in [-0.15, -0.1) is 0 Å². The third kappa shape index (κ3) is 3.02. The van der Waals surface area contributed by atoms with Gasteiger partial charge in [0.25, 0.3) is 0 Å². The van der Waals surface area contributed by atoms with E-state index in [1.807, 2.05) is 13.8 Å². The summed E-state index contributed by atoms with van der Waals surface area (Å²) < 4.78 is 15.2. The zero-order valence-electron chi connectivity index (χ0n) is 11.5. The van der Waals surface area contributed by atoms with E-state index in [0.717, 1.165) is 0 Å². The van der Waals surface area contributed by atoms with Crippen LogP contribution in [0.2, 0.25) is 0 Å². The first-order chi connectivity index (χ1) is 8.46. The third-order valence-corrected chi connectivity index (χ3v) is 3.40. The molecule has 0 N–H and O–H groups in total. The highest BCUT2D eigenvalue weighted by Gasteiger charge is 2.50. The van der Waals surface area contributed by atoms with Gasteiger partial charge in [0.1, 0.15) is 0 Å². The summed E-state index contributed by atoms with van der Waals surface area (Å²) in [6.45, 7) is 3.95. The zero-order chi connectivity index (χ0) is 13.8. The first-order valence-corrected chi connectivity index (χ1v) is 6.28. The molecule has 104 valence electrons. The molecule has 1 rings (SSSR count). The second-order valence-corrected chi connectivity index (χ2v) is 4.95. The fraction of sp³-hybridized carbons (Fsp3) is 0.846. The lowest BCUT2D eigenvalue weighted by molar-refractivity contribution is -0.174. The van der Waals surface area contributed by atoms with Crippen molar-refractivity contribution >= 4 is 11.9 Å². The Balaban J connectivity index is 2.74. The highest BCUT2D eigenvalue weighted by atomic mass is 16.5. The monoisotopic (exact) mass is 258 g/mol. The van der Waals surface area contributed by atoms with Gasteiger partial charge in [-0.05, 0) is 39.5 Å². The number of carbonyl (C=O) groups excluding carboxylic acids is 2. The Morgan fingerprint density at radius 3 is 1.83 bits per heavy atom. The molecule has 5 heteroatoms. The van der Waals surface area contributed by atoms with Crippen LogP contribution in [0.4, 0.5) is 0 Å². The summed E-state index contributed by atoms with van der Waals surface area (Å²) in [7, 11) is 2.59. The van der Waals surface area contributed by atoms with Gasteiger partial charge in [-0.3, -0.25) is 9.59 Å². The van der Waals surface area contributed by atoms with Gasteiger partial charge in [-0.1, -0.05) is 0 Å². The Kier molecular flexibility index (Phi) is 5.14. The van der Waals surface area contributed by atoms with Crippen LogP contribution in [0.3, 0.4) is 0 Å². The van der Waals surface area contributed by atoms with E-state index in [2.05, 4.69) is 0 Å². The van der Waals surface area contributed by atoms with Crippen LogP contribution in [0.25, 0.3) is 0 Å². The molecule has 0 heterocycles. The number of hydrogen-bond donors (Lipinski definition) is 0. The average Bonchev–Trinajstić information content (AvgIpc) is 2.37. The van der Waals surface area contributed by atoms with E-state index < -0.39 is 17.4 Å². The van der Waals surface area contributed by atoms with Gasteiger partial charge < -0.3 is 14.2 Å². The van der Waals surface area contributed by atoms with Crippen LogP contribution < -0.4 is 0 Å². The van der Waals surface area contributed by atoms with Crippen LogP contribution in [0.5, 0.6) is 0 Å². The number of esters is 2. The van der Waals surface area contributed by atoms with E-state index in [-0.39, 0.29) is 12.2 Å². The second kappa shape index (κ2) is 6.18. The van der Waals surface area contributed by atoms with Crippen LogP contribution in [-0.2, 0) is 23.8 Å². The lowest BCUT2D eigenvalue weighted by Crippen LogP contribution is -2.45. The van der Waals surface area contributed by atoms with Gasteiger partial charge in [-0.2, -0.15) is 0 Å². The number of hydrogen-bond acceptors (Lipinski definition) is 5. The molecule has 0 aliphatic heterocycles. The Morgan fingerprint density at radius 2 is 1.50 bits per heavy atom. The number of rotatable bonds is 4. The summed E-state index contributed by atoms with van der Waals surface area (Å²) >= 11 is 0. The van der Waals surface area contributed by atoms with Gasteiger partial charge in [0, 0.05) is 0 Å². The van der Waals surface area contributed by atoms with E-state index in [9.17, 15) is 9.59 Å². The number of carbonyl (C=O) groups is 2. The maximum Gasteiger partial charge on any atom is 0.323 e. The first kappa shape index (κ1) is 15.0. The van der Waals surface area contributed by atoms with Gasteiger partial charge in [0.05, 0.1) is 26.4 Å². The summed E-state index contributed by atoms with van der Waals surface area (Å²) in [6, 6.07) is 0. The van der Waals surface area contributed by atoms with Crippen LogP contribution in [0.15, 0.2) is 0 Å². The van der Waals surface area contributed by atoms with E-state index in [0.29, 0.717) is 25.7 Å². The molecule has 0 aromatic heterocycles. The summed E-state index contributed by atoms with van der Waals surface area (Å²) in [5.41, 5.74) is -1.14. The molecule has 0 amide bonds. The summed E-state index contributed by atoms with van der Waals surface area (Å²) in [4.78, 5) is 23.7. The molecule has 1 aliphatic carbocycles. The predicted octanol–water partition coefficient (Wildman–Crippen LogP) is 1.69. The van der Waals surface area contributed by atoms with Crippen LogP contribution >= 0.6 is 0 Å². The maximum atomic E-state index is 11.9. The van der Waals surface area contributed by atoms with Crippen molar-refractivity contribution in [3.8, 4) is 0 Å². The van der Waals surface area contributed by atoms with Crippen molar-refractivity contribution in [1.82, 2.24) is 0 Å². The molecule has 1 fully saturated rings. The third-order valence-electron chi connectivity index (χ3n) is 3.40. The van der Waals surface area contributed by atoms with Crippen molar-refractivity contribution in [2.75, 3.05) is 14.2 Å². The van der Waals surface area contributed by atoms with Crippen LogP contribution in [-0.4, -0.2) is 38.4 Å². The normalized spacial score (nSPS) is 19.6. The quantitative estimate of drug-likeness (QED) is 0.567. The lowest BCUT2D eigenvalue weighted by atomic mass is 9.73. The van der Waals surface area contributed by atoms with Crippen LogP contribution in [0.1, 0.15) is 39.5 Å². The Bertz CT molecular complexity index is 285.